The molecule has 2 aromatic heterocycles. The van der Waals surface area contributed by atoms with E-state index in [1.807, 2.05) is 0 Å². The zero-order valence-electron chi connectivity index (χ0n) is 27.6. The number of ether oxygens (including phenoxy) is 1. The maximum absolute atomic E-state index is 14.2. The van der Waals surface area contributed by atoms with Crippen molar-refractivity contribution in [3.8, 4) is 16.9 Å². The number of aromatic nitrogens is 4. The van der Waals surface area contributed by atoms with Crippen LogP contribution in [0, 0.1) is 0 Å². The molecule has 0 fully saturated rings. The molecular formula is C32H37F3N7O7P. The van der Waals surface area contributed by atoms with Crippen LogP contribution < -0.4 is 15.4 Å². The molecule has 0 saturated carbocycles. The van der Waals surface area contributed by atoms with Gasteiger partial charge in [-0.3, -0.25) is 14.0 Å². The number of methoxy groups -OCH3 is 1. The first-order valence-corrected chi connectivity index (χ1v) is 17.1. The van der Waals surface area contributed by atoms with Gasteiger partial charge in [-0.2, -0.15) is 23.3 Å². The molecule has 5 rings (SSSR count). The summed E-state index contributed by atoms with van der Waals surface area (Å²) in [5, 5.41) is 27.2. The first kappa shape index (κ1) is 36.7. The summed E-state index contributed by atoms with van der Waals surface area (Å²) in [4.78, 5) is 43.1. The minimum atomic E-state index is -4.87. The van der Waals surface area contributed by atoms with Crippen molar-refractivity contribution in [1.29, 1.82) is 0 Å². The second-order valence-corrected chi connectivity index (χ2v) is 13.8. The quantitative estimate of drug-likeness (QED) is 0.102. The van der Waals surface area contributed by atoms with E-state index in [0.29, 0.717) is 28.5 Å². The van der Waals surface area contributed by atoms with Crippen LogP contribution in [-0.2, 0) is 29.0 Å². The van der Waals surface area contributed by atoms with Crippen LogP contribution in [-0.4, -0.2) is 77.4 Å². The van der Waals surface area contributed by atoms with Crippen LogP contribution in [0.15, 0.2) is 48.9 Å². The number of carbonyl (C=O) groups is 1. The summed E-state index contributed by atoms with van der Waals surface area (Å²) < 4.78 is 62.1. The van der Waals surface area contributed by atoms with Crippen LogP contribution in [0.1, 0.15) is 53.7 Å². The molecule has 1 atom stereocenters. The molecule has 50 heavy (non-hydrogen) atoms. The second kappa shape index (κ2) is 14.0. The number of hydrogen-bond acceptors (Lipinski definition) is 10. The van der Waals surface area contributed by atoms with Gasteiger partial charge in [0.2, 0.25) is 5.95 Å². The molecule has 2 aromatic carbocycles. The molecule has 0 spiro atoms. The Morgan fingerprint density at radius 3 is 2.40 bits per heavy atom. The van der Waals surface area contributed by atoms with Gasteiger partial charge < -0.3 is 40.3 Å². The van der Waals surface area contributed by atoms with E-state index in [2.05, 4.69) is 25.7 Å². The lowest BCUT2D eigenvalue weighted by Gasteiger charge is -2.33. The number of alkyl halides is 3. The lowest BCUT2D eigenvalue weighted by Crippen LogP contribution is -2.24. The first-order valence-electron chi connectivity index (χ1n) is 15.5. The van der Waals surface area contributed by atoms with Crippen molar-refractivity contribution in [1.82, 2.24) is 24.6 Å². The number of fused-ring (bicyclic) bond motifs is 1. The van der Waals surface area contributed by atoms with Crippen molar-refractivity contribution in [2.75, 3.05) is 31.4 Å². The molecule has 0 bridgehead atoms. The van der Waals surface area contributed by atoms with Gasteiger partial charge in [0.25, 0.3) is 5.91 Å². The summed E-state index contributed by atoms with van der Waals surface area (Å²) in [5.41, 5.74) is 1.33. The molecule has 1 aliphatic rings. The second-order valence-electron chi connectivity index (χ2n) is 11.9. The highest BCUT2D eigenvalue weighted by atomic mass is 31.2. The van der Waals surface area contributed by atoms with Crippen molar-refractivity contribution >= 4 is 36.6 Å². The van der Waals surface area contributed by atoms with Crippen LogP contribution in [0.3, 0.4) is 0 Å². The number of amides is 1. The number of benzene rings is 2. The van der Waals surface area contributed by atoms with Crippen LogP contribution >= 0.6 is 7.60 Å². The minimum Gasteiger partial charge on any atom is -0.495 e. The Bertz CT molecular complexity index is 1950. The molecule has 3 heterocycles. The fourth-order valence-electron chi connectivity index (χ4n) is 6.12. The maximum atomic E-state index is 14.2. The van der Waals surface area contributed by atoms with Crippen LogP contribution in [0.25, 0.3) is 11.1 Å². The minimum absolute atomic E-state index is 0.0309. The Morgan fingerprint density at radius 2 is 1.78 bits per heavy atom. The highest BCUT2D eigenvalue weighted by molar-refractivity contribution is 7.53. The van der Waals surface area contributed by atoms with Crippen molar-refractivity contribution in [3.05, 3.63) is 71.2 Å². The van der Waals surface area contributed by atoms with Crippen LogP contribution in [0.2, 0.25) is 0 Å². The van der Waals surface area contributed by atoms with E-state index in [4.69, 9.17) is 9.84 Å². The fourth-order valence-corrected chi connectivity index (χ4v) is 7.42. The SMILES string of the molecule is CCC(CC)(c1ccc(Nc2ncc(C(F)(F)F)c(Nc3ccc(-c4cnn(C[C@H](O)CO)c4)c4c3C(=O)N(C)C4)n2)c(OC)c1)P(=O)(O)O. The van der Waals surface area contributed by atoms with E-state index in [1.54, 1.807) is 33.2 Å². The zero-order valence-corrected chi connectivity index (χ0v) is 28.5. The summed E-state index contributed by atoms with van der Waals surface area (Å²) in [6.45, 7) is 3.08. The summed E-state index contributed by atoms with van der Waals surface area (Å²) in [6, 6.07) is 7.55. The average molecular weight is 720 g/mol. The smallest absolute Gasteiger partial charge is 0.421 e. The molecule has 268 valence electrons. The number of nitrogens with one attached hydrogen (secondary N) is 2. The Kier molecular flexibility index (Phi) is 10.3. The summed E-state index contributed by atoms with van der Waals surface area (Å²) in [7, 11) is -1.71. The fraction of sp³-hybridized carbons (Fsp3) is 0.375. The number of carbonyl (C=O) groups excluding carboxylic acids is 1. The normalized spacial score (nSPS) is 14.1. The third kappa shape index (κ3) is 6.91. The first-order chi connectivity index (χ1) is 23.6. The standard InChI is InChI=1S/C32H37F3N7O7P/c1-5-31(6-2,50(46,47)48)19-7-9-24(26(11-19)49-4)39-30-36-13-23(32(33,34)35)28(40-30)38-25-10-8-21(22-16-41(3)29(45)27(22)25)18-12-37-42(14-18)15-20(44)17-43/h7-14,20,43-44H,5-6,15-17H2,1-4H3,(H2,46,47,48)(H2,36,38,39,40)/t20-/m0/s1. The summed E-state index contributed by atoms with van der Waals surface area (Å²) in [5.74, 6) is -1.17. The topological polar surface area (TPSA) is 195 Å². The van der Waals surface area contributed by atoms with E-state index in [1.165, 1.54) is 47.2 Å². The summed E-state index contributed by atoms with van der Waals surface area (Å²) >= 11 is 0. The molecule has 0 saturated heterocycles. The highest BCUT2D eigenvalue weighted by Crippen LogP contribution is 2.61. The van der Waals surface area contributed by atoms with Crippen LogP contribution in [0.4, 0.5) is 36.3 Å². The van der Waals surface area contributed by atoms with E-state index in [9.17, 15) is 37.4 Å². The molecule has 0 unspecified atom stereocenters. The van der Waals surface area contributed by atoms with Gasteiger partial charge in [-0.05, 0) is 47.7 Å². The van der Waals surface area contributed by atoms with E-state index >= 15 is 0 Å². The molecule has 14 nitrogen and oxygen atoms in total. The van der Waals surface area contributed by atoms with Crippen molar-refractivity contribution in [2.24, 2.45) is 0 Å². The van der Waals surface area contributed by atoms with E-state index in [-0.39, 0.29) is 54.6 Å². The average Bonchev–Trinajstić information content (AvgIpc) is 3.64. The van der Waals surface area contributed by atoms with Gasteiger partial charge in [0.1, 0.15) is 17.1 Å². The molecular weight excluding hydrogens is 682 g/mol. The van der Waals surface area contributed by atoms with E-state index < -0.39 is 48.9 Å². The molecule has 18 heteroatoms. The zero-order chi connectivity index (χ0) is 36.6. The Hall–Kier alpha value is -4.54. The lowest BCUT2D eigenvalue weighted by molar-refractivity contribution is -0.137. The number of hydrogen-bond donors (Lipinski definition) is 6. The predicted octanol–water partition coefficient (Wildman–Crippen LogP) is 4.99. The largest absolute Gasteiger partial charge is 0.495 e. The molecule has 0 aliphatic carbocycles. The Morgan fingerprint density at radius 1 is 1.08 bits per heavy atom. The molecule has 1 amide bonds. The molecule has 1 aliphatic heterocycles. The van der Waals surface area contributed by atoms with Crippen molar-refractivity contribution in [3.63, 3.8) is 0 Å². The van der Waals surface area contributed by atoms with Gasteiger partial charge in [0, 0.05) is 31.5 Å². The van der Waals surface area contributed by atoms with Gasteiger partial charge in [0.05, 0.1) is 54.7 Å². The van der Waals surface area contributed by atoms with Gasteiger partial charge in [0.15, 0.2) is 0 Å². The van der Waals surface area contributed by atoms with Crippen molar-refractivity contribution < 1.29 is 47.3 Å². The predicted molar refractivity (Wildman–Crippen MR) is 177 cm³/mol. The van der Waals surface area contributed by atoms with E-state index in [0.717, 1.165) is 0 Å². The summed E-state index contributed by atoms with van der Waals surface area (Å²) in [6.07, 6.45) is -1.86. The third-order valence-corrected chi connectivity index (χ3v) is 10.9. The third-order valence-electron chi connectivity index (χ3n) is 8.88. The maximum Gasteiger partial charge on any atom is 0.421 e. The van der Waals surface area contributed by atoms with Gasteiger partial charge in [-0.15, -0.1) is 0 Å². The van der Waals surface area contributed by atoms with Crippen molar-refractivity contribution in [2.45, 2.75) is 57.2 Å². The molecule has 0 radical (unpaired) electrons. The van der Waals surface area contributed by atoms with Gasteiger partial charge >= 0.3 is 13.8 Å². The number of anilines is 4. The number of rotatable bonds is 13. The monoisotopic (exact) mass is 719 g/mol. The highest BCUT2D eigenvalue weighted by Gasteiger charge is 2.45. The number of aliphatic hydroxyl groups excluding tert-OH is 2. The number of halogens is 3. The molecule has 6 N–H and O–H groups in total. The number of nitrogens with zero attached hydrogens (tertiary/aromatic N) is 5. The number of aliphatic hydroxyl groups is 2. The molecule has 4 aromatic rings. The Labute approximate surface area is 285 Å². The van der Waals surface area contributed by atoms with Gasteiger partial charge in [-0.25, -0.2) is 4.98 Å². The van der Waals surface area contributed by atoms with Crippen LogP contribution in [0.5, 0.6) is 5.75 Å². The van der Waals surface area contributed by atoms with Gasteiger partial charge in [-0.1, -0.05) is 26.0 Å². The lowest BCUT2D eigenvalue weighted by atomic mass is 9.92. The Balaban J connectivity index is 1.52.